The minimum atomic E-state index is -0.551. The Morgan fingerprint density at radius 1 is 1.08 bits per heavy atom. The van der Waals surface area contributed by atoms with Crippen molar-refractivity contribution in [2.24, 2.45) is 11.8 Å². The van der Waals surface area contributed by atoms with Gasteiger partial charge in [-0.1, -0.05) is 49.6 Å². The van der Waals surface area contributed by atoms with E-state index in [4.69, 9.17) is 4.74 Å². The molecule has 1 saturated heterocycles. The summed E-state index contributed by atoms with van der Waals surface area (Å²) in [6, 6.07) is 9.58. The Balaban J connectivity index is 1.62. The normalized spacial score (nSPS) is 21.3. The lowest BCUT2D eigenvalue weighted by Crippen LogP contribution is -2.56. The molecule has 36 heavy (non-hydrogen) atoms. The summed E-state index contributed by atoms with van der Waals surface area (Å²) in [7, 11) is 3.18. The Morgan fingerprint density at radius 2 is 1.81 bits per heavy atom. The Kier molecular flexibility index (Phi) is 11.8. The van der Waals surface area contributed by atoms with Gasteiger partial charge in [-0.2, -0.15) is 0 Å². The fourth-order valence-electron chi connectivity index (χ4n) is 5.53. The summed E-state index contributed by atoms with van der Waals surface area (Å²) in [6.07, 6.45) is 6.15. The van der Waals surface area contributed by atoms with Crippen LogP contribution >= 0.6 is 0 Å². The molecule has 2 unspecified atom stereocenters. The number of likely N-dealkylation sites (tertiary alicyclic amines) is 1. The van der Waals surface area contributed by atoms with E-state index in [-0.39, 0.29) is 30.0 Å². The van der Waals surface area contributed by atoms with E-state index in [0.29, 0.717) is 32.8 Å². The lowest BCUT2D eigenvalue weighted by atomic mass is 9.82. The molecule has 1 aliphatic carbocycles. The summed E-state index contributed by atoms with van der Waals surface area (Å²) in [5.41, 5.74) is 1.06. The molecule has 3 rings (SSSR count). The fraction of sp³-hybridized carbons (Fsp3) is 0.704. The van der Waals surface area contributed by atoms with Gasteiger partial charge in [0.1, 0.15) is 0 Å². The maximum Gasteiger partial charge on any atom is 0.406 e. The number of piperidine rings is 1. The van der Waals surface area contributed by atoms with Gasteiger partial charge in [-0.05, 0) is 44.2 Å². The van der Waals surface area contributed by atoms with Gasteiger partial charge < -0.3 is 35.4 Å². The van der Waals surface area contributed by atoms with E-state index >= 15 is 0 Å². The molecule has 2 aliphatic rings. The summed E-state index contributed by atoms with van der Waals surface area (Å²) >= 11 is 0. The zero-order chi connectivity index (χ0) is 25.8. The highest BCUT2D eigenvalue weighted by atomic mass is 16.5. The van der Waals surface area contributed by atoms with Crippen molar-refractivity contribution >= 4 is 12.1 Å². The van der Waals surface area contributed by atoms with Crippen LogP contribution in [0.5, 0.6) is 0 Å². The monoisotopic (exact) mass is 504 g/mol. The van der Waals surface area contributed by atoms with Crippen LogP contribution in [-0.2, 0) is 9.47 Å². The Morgan fingerprint density at radius 3 is 2.50 bits per heavy atom. The molecular weight excluding hydrogens is 460 g/mol. The minimum Gasteiger partial charge on any atom is -0.453 e. The number of urea groups is 1. The van der Waals surface area contributed by atoms with Gasteiger partial charge in [0.05, 0.1) is 32.0 Å². The number of hydrogen-bond acceptors (Lipinski definition) is 6. The topological polar surface area (TPSA) is 112 Å². The third-order valence-electron chi connectivity index (χ3n) is 7.43. The number of nitrogens with zero attached hydrogens (tertiary/aromatic N) is 1. The van der Waals surface area contributed by atoms with E-state index in [0.717, 1.165) is 44.1 Å². The zero-order valence-electron chi connectivity index (χ0n) is 21.8. The number of likely N-dealkylation sites (N-methyl/N-ethyl adjacent to an activating group) is 1. The Hall–Kier alpha value is -2.36. The van der Waals surface area contributed by atoms with Crippen molar-refractivity contribution in [3.8, 4) is 0 Å². The summed E-state index contributed by atoms with van der Waals surface area (Å²) < 4.78 is 10.9. The van der Waals surface area contributed by atoms with Gasteiger partial charge in [0.2, 0.25) is 0 Å². The molecular formula is C27H44N4O5. The van der Waals surface area contributed by atoms with Crippen molar-refractivity contribution < 1.29 is 24.2 Å². The van der Waals surface area contributed by atoms with Gasteiger partial charge in [0.15, 0.2) is 0 Å². The maximum atomic E-state index is 13.3. The number of amides is 3. The molecule has 0 radical (unpaired) electrons. The lowest BCUT2D eigenvalue weighted by molar-refractivity contribution is -0.00939. The zero-order valence-corrected chi connectivity index (χ0v) is 21.8. The van der Waals surface area contributed by atoms with Crippen molar-refractivity contribution in [3.63, 3.8) is 0 Å². The maximum absolute atomic E-state index is 13.3. The molecule has 202 valence electrons. The van der Waals surface area contributed by atoms with Crippen LogP contribution in [0, 0.1) is 11.8 Å². The van der Waals surface area contributed by atoms with Gasteiger partial charge >= 0.3 is 12.1 Å². The molecule has 0 bridgehead atoms. The Bertz CT molecular complexity index is 790. The van der Waals surface area contributed by atoms with E-state index < -0.39 is 12.2 Å². The van der Waals surface area contributed by atoms with Crippen LogP contribution in [0.3, 0.4) is 0 Å². The fourth-order valence-corrected chi connectivity index (χ4v) is 5.53. The van der Waals surface area contributed by atoms with Gasteiger partial charge in [0.25, 0.3) is 0 Å². The highest BCUT2D eigenvalue weighted by molar-refractivity contribution is 5.74. The number of hydrogen-bond donors (Lipinski definition) is 4. The third kappa shape index (κ3) is 8.35. The molecule has 0 spiro atoms. The van der Waals surface area contributed by atoms with Crippen molar-refractivity contribution in [2.45, 2.75) is 63.2 Å². The van der Waals surface area contributed by atoms with E-state index in [1.54, 1.807) is 0 Å². The average molecular weight is 505 g/mol. The number of rotatable bonds is 11. The molecule has 1 heterocycles. The summed E-state index contributed by atoms with van der Waals surface area (Å²) in [5.74, 6) is 0.358. The lowest BCUT2D eigenvalue weighted by Gasteiger charge is -2.39. The molecule has 4 N–H and O–H groups in total. The molecule has 1 aromatic carbocycles. The highest BCUT2D eigenvalue weighted by Crippen LogP contribution is 2.33. The van der Waals surface area contributed by atoms with E-state index in [9.17, 15) is 14.7 Å². The predicted octanol–water partition coefficient (Wildman–Crippen LogP) is 3.05. The first-order valence-corrected chi connectivity index (χ1v) is 13.4. The first-order chi connectivity index (χ1) is 17.5. The summed E-state index contributed by atoms with van der Waals surface area (Å²) in [6.45, 7) is 2.47. The second kappa shape index (κ2) is 15.0. The molecule has 1 aliphatic heterocycles. The van der Waals surface area contributed by atoms with Crippen molar-refractivity contribution in [2.75, 3.05) is 46.9 Å². The number of carbonyl (C=O) groups is 2. The average Bonchev–Trinajstić information content (AvgIpc) is 2.93. The predicted molar refractivity (Wildman–Crippen MR) is 139 cm³/mol. The first-order valence-electron chi connectivity index (χ1n) is 13.4. The Labute approximate surface area is 215 Å². The van der Waals surface area contributed by atoms with Gasteiger partial charge in [-0.25, -0.2) is 9.59 Å². The van der Waals surface area contributed by atoms with E-state index in [1.807, 2.05) is 42.3 Å². The van der Waals surface area contributed by atoms with Crippen LogP contribution in [-0.4, -0.2) is 81.2 Å². The second-order valence-electron chi connectivity index (χ2n) is 9.97. The molecule has 9 heteroatoms. The molecule has 3 amide bonds. The number of aliphatic hydroxyl groups excluding tert-OH is 1. The molecule has 1 aromatic rings. The van der Waals surface area contributed by atoms with E-state index in [2.05, 4.69) is 20.7 Å². The van der Waals surface area contributed by atoms with Crippen LogP contribution < -0.4 is 16.0 Å². The summed E-state index contributed by atoms with van der Waals surface area (Å²) in [4.78, 5) is 26.5. The third-order valence-corrected chi connectivity index (χ3v) is 7.43. The van der Waals surface area contributed by atoms with E-state index in [1.165, 1.54) is 13.5 Å². The smallest absolute Gasteiger partial charge is 0.406 e. The number of nitrogens with one attached hydrogen (secondary N) is 3. The summed E-state index contributed by atoms with van der Waals surface area (Å²) in [5, 5.41) is 20.0. The number of methoxy groups -OCH3 is 1. The molecule has 0 aromatic heterocycles. The number of alkyl carbamates (subject to hydrolysis) is 1. The largest absolute Gasteiger partial charge is 0.453 e. The SMILES string of the molecule is CNCC(NC(=O)N1CCC[C@@H]([C@@H](OCCNC(=O)OC)c2ccccc2)C1)C(O)C1CCCCC1. The standard InChI is InChI=1S/C27H44N4O5/c1-28-18-23(24(32)20-10-5-3-6-11-20)30-26(33)31-16-9-14-22(19-31)25(21-12-7-4-8-13-21)36-17-15-29-27(34)35-2/h4,7-8,12-13,20,22-25,28,32H,3,5-6,9-11,14-19H2,1-2H3,(H,29,34)(H,30,33)/t22-,23?,24?,25+/m1/s1. The van der Waals surface area contributed by atoms with Crippen molar-refractivity contribution in [3.05, 3.63) is 35.9 Å². The number of aliphatic hydroxyl groups is 1. The van der Waals surface area contributed by atoms with Crippen LogP contribution in [0.4, 0.5) is 9.59 Å². The van der Waals surface area contributed by atoms with Crippen LogP contribution in [0.25, 0.3) is 0 Å². The number of benzene rings is 1. The van der Waals surface area contributed by atoms with Crippen LogP contribution in [0.1, 0.15) is 56.6 Å². The molecule has 4 atom stereocenters. The first kappa shape index (κ1) is 28.2. The van der Waals surface area contributed by atoms with Crippen molar-refractivity contribution in [1.82, 2.24) is 20.9 Å². The van der Waals surface area contributed by atoms with Crippen LogP contribution in [0.2, 0.25) is 0 Å². The quantitative estimate of drug-likeness (QED) is 0.345. The number of carbonyl (C=O) groups excluding carboxylic acids is 2. The minimum absolute atomic E-state index is 0.121. The van der Waals surface area contributed by atoms with Crippen LogP contribution in [0.15, 0.2) is 30.3 Å². The number of ether oxygens (including phenoxy) is 2. The van der Waals surface area contributed by atoms with Crippen molar-refractivity contribution in [1.29, 1.82) is 0 Å². The van der Waals surface area contributed by atoms with Gasteiger partial charge in [0, 0.05) is 32.1 Å². The molecule has 2 fully saturated rings. The van der Waals surface area contributed by atoms with Gasteiger partial charge in [-0.15, -0.1) is 0 Å². The molecule has 9 nitrogen and oxygen atoms in total. The van der Waals surface area contributed by atoms with Gasteiger partial charge in [-0.3, -0.25) is 0 Å². The second-order valence-corrected chi connectivity index (χ2v) is 9.97. The molecule has 1 saturated carbocycles. The highest BCUT2D eigenvalue weighted by Gasteiger charge is 2.34.